The smallest absolute Gasteiger partial charge is 0.250 e. The molecule has 1 aliphatic rings. The van der Waals surface area contributed by atoms with Crippen LogP contribution in [0.1, 0.15) is 18.7 Å². The Kier molecular flexibility index (Phi) is 6.11. The van der Waals surface area contributed by atoms with Gasteiger partial charge in [-0.1, -0.05) is 46.4 Å². The van der Waals surface area contributed by atoms with Gasteiger partial charge in [0.2, 0.25) is 9.74 Å². The number of nitrogens with one attached hydrogen (secondary N) is 1. The van der Waals surface area contributed by atoms with E-state index < -0.39 is 9.33 Å². The molecule has 1 aromatic carbocycles. The lowest BCUT2D eigenvalue weighted by atomic mass is 9.91. The standard InChI is InChI=1S/C16H17Cl4N5O/c17-11-3-1-10(2-4-11)12-23-13(16(18,19)20)25-14(24-12)22-9-15(21)5-7-26-8-6-15/h1-4H,5-9,21H2,(H,22,23,24,25). The maximum Gasteiger partial charge on any atom is 0.250 e. The first-order chi connectivity index (χ1) is 12.3. The van der Waals surface area contributed by atoms with Crippen molar-refractivity contribution in [1.82, 2.24) is 15.0 Å². The van der Waals surface area contributed by atoms with Crippen LogP contribution in [0.5, 0.6) is 0 Å². The van der Waals surface area contributed by atoms with E-state index in [-0.39, 0.29) is 5.82 Å². The molecule has 6 nitrogen and oxygen atoms in total. The van der Waals surface area contributed by atoms with Crippen LogP contribution in [0.2, 0.25) is 5.02 Å². The normalized spacial score (nSPS) is 17.1. The van der Waals surface area contributed by atoms with Crippen LogP contribution in [-0.4, -0.2) is 40.2 Å². The Morgan fingerprint density at radius 2 is 1.73 bits per heavy atom. The van der Waals surface area contributed by atoms with E-state index in [9.17, 15) is 0 Å². The zero-order valence-corrected chi connectivity index (χ0v) is 16.7. The van der Waals surface area contributed by atoms with Gasteiger partial charge < -0.3 is 15.8 Å². The van der Waals surface area contributed by atoms with Crippen LogP contribution in [0.15, 0.2) is 24.3 Å². The number of aromatic nitrogens is 3. The second-order valence-corrected chi connectivity index (χ2v) is 8.86. The molecular formula is C16H17Cl4N5O. The molecule has 10 heteroatoms. The van der Waals surface area contributed by atoms with Gasteiger partial charge in [0.05, 0.1) is 0 Å². The van der Waals surface area contributed by atoms with Crippen molar-refractivity contribution in [2.75, 3.05) is 25.1 Å². The molecule has 3 N–H and O–H groups in total. The monoisotopic (exact) mass is 435 g/mol. The number of ether oxygens (including phenoxy) is 1. The summed E-state index contributed by atoms with van der Waals surface area (Å²) >= 11 is 23.9. The molecule has 0 atom stereocenters. The lowest BCUT2D eigenvalue weighted by Gasteiger charge is -2.33. The molecule has 0 amide bonds. The maximum absolute atomic E-state index is 6.39. The molecule has 0 spiro atoms. The van der Waals surface area contributed by atoms with Gasteiger partial charge in [-0.15, -0.1) is 0 Å². The molecule has 0 unspecified atom stereocenters. The lowest BCUT2D eigenvalue weighted by Crippen LogP contribution is -2.50. The molecule has 0 aliphatic carbocycles. The van der Waals surface area contributed by atoms with Crippen LogP contribution in [0.4, 0.5) is 5.95 Å². The van der Waals surface area contributed by atoms with Gasteiger partial charge in [0.15, 0.2) is 11.6 Å². The molecule has 1 fully saturated rings. The third kappa shape index (κ3) is 5.09. The van der Waals surface area contributed by atoms with Gasteiger partial charge in [0.25, 0.3) is 0 Å². The van der Waals surface area contributed by atoms with Gasteiger partial charge in [-0.05, 0) is 37.1 Å². The molecular weight excluding hydrogens is 420 g/mol. The summed E-state index contributed by atoms with van der Waals surface area (Å²) in [5.74, 6) is 0.698. The van der Waals surface area contributed by atoms with E-state index in [1.165, 1.54) is 0 Å². The largest absolute Gasteiger partial charge is 0.381 e. The average Bonchev–Trinajstić information content (AvgIpc) is 2.60. The first-order valence-electron chi connectivity index (χ1n) is 7.95. The first-order valence-corrected chi connectivity index (χ1v) is 9.46. The van der Waals surface area contributed by atoms with E-state index in [0.29, 0.717) is 36.6 Å². The van der Waals surface area contributed by atoms with Crippen molar-refractivity contribution in [3.8, 4) is 11.4 Å². The van der Waals surface area contributed by atoms with E-state index in [1.807, 2.05) is 0 Å². The zero-order chi connectivity index (χ0) is 18.8. The number of alkyl halides is 3. The Labute approximate surface area is 171 Å². The molecule has 1 aromatic heterocycles. The Morgan fingerprint density at radius 1 is 1.08 bits per heavy atom. The average molecular weight is 437 g/mol. The fraction of sp³-hybridized carbons (Fsp3) is 0.438. The maximum atomic E-state index is 6.39. The number of benzene rings is 1. The molecule has 2 heterocycles. The third-order valence-corrected chi connectivity index (χ3v) is 4.84. The fourth-order valence-corrected chi connectivity index (χ4v) is 2.90. The quantitative estimate of drug-likeness (QED) is 0.706. The zero-order valence-electron chi connectivity index (χ0n) is 13.7. The van der Waals surface area contributed by atoms with Crippen molar-refractivity contribution < 1.29 is 4.74 Å². The van der Waals surface area contributed by atoms with Crippen molar-refractivity contribution in [3.05, 3.63) is 35.1 Å². The van der Waals surface area contributed by atoms with Gasteiger partial charge >= 0.3 is 0 Å². The third-order valence-electron chi connectivity index (χ3n) is 4.08. The van der Waals surface area contributed by atoms with Crippen LogP contribution >= 0.6 is 46.4 Å². The topological polar surface area (TPSA) is 86.0 Å². The van der Waals surface area contributed by atoms with Gasteiger partial charge in [-0.3, -0.25) is 0 Å². The van der Waals surface area contributed by atoms with E-state index in [2.05, 4.69) is 20.3 Å². The number of rotatable bonds is 4. The summed E-state index contributed by atoms with van der Waals surface area (Å²) < 4.78 is 3.58. The molecule has 1 aliphatic heterocycles. The highest BCUT2D eigenvalue weighted by molar-refractivity contribution is 6.66. The fourth-order valence-electron chi connectivity index (χ4n) is 2.52. The number of hydrogen-bond acceptors (Lipinski definition) is 6. The summed E-state index contributed by atoms with van der Waals surface area (Å²) in [6.07, 6.45) is 1.48. The molecule has 0 saturated carbocycles. The van der Waals surface area contributed by atoms with E-state index in [1.54, 1.807) is 24.3 Å². The van der Waals surface area contributed by atoms with Gasteiger partial charge in [0, 0.05) is 35.9 Å². The van der Waals surface area contributed by atoms with Crippen LogP contribution in [0.3, 0.4) is 0 Å². The summed E-state index contributed by atoms with van der Waals surface area (Å²) in [6, 6.07) is 7.04. The van der Waals surface area contributed by atoms with Crippen LogP contribution < -0.4 is 11.1 Å². The molecule has 0 bridgehead atoms. The van der Waals surface area contributed by atoms with E-state index in [4.69, 9.17) is 56.9 Å². The van der Waals surface area contributed by atoms with Crippen LogP contribution in [0.25, 0.3) is 11.4 Å². The second-order valence-electron chi connectivity index (χ2n) is 6.14. The number of nitrogens with zero attached hydrogens (tertiary/aromatic N) is 3. The molecule has 140 valence electrons. The Hall–Kier alpha value is -0.890. The second kappa shape index (κ2) is 8.00. The van der Waals surface area contributed by atoms with Crippen molar-refractivity contribution in [2.45, 2.75) is 22.2 Å². The Balaban J connectivity index is 1.88. The van der Waals surface area contributed by atoms with Crippen LogP contribution in [0, 0.1) is 0 Å². The highest BCUT2D eigenvalue weighted by atomic mass is 35.6. The SMILES string of the molecule is NC1(CNc2nc(-c3ccc(Cl)cc3)nc(C(Cl)(Cl)Cl)n2)CCOCC1. The van der Waals surface area contributed by atoms with Crippen molar-refractivity contribution in [2.24, 2.45) is 5.73 Å². The van der Waals surface area contributed by atoms with E-state index >= 15 is 0 Å². The first kappa shape index (κ1) is 19.9. The van der Waals surface area contributed by atoms with Crippen molar-refractivity contribution >= 4 is 52.4 Å². The molecule has 1 saturated heterocycles. The molecule has 0 radical (unpaired) electrons. The molecule has 2 aromatic rings. The van der Waals surface area contributed by atoms with Crippen LogP contribution in [-0.2, 0) is 8.53 Å². The minimum Gasteiger partial charge on any atom is -0.381 e. The number of halogens is 4. The van der Waals surface area contributed by atoms with Gasteiger partial charge in [0.1, 0.15) is 0 Å². The highest BCUT2D eigenvalue weighted by Gasteiger charge is 2.30. The summed E-state index contributed by atoms with van der Waals surface area (Å²) in [5.41, 5.74) is 6.72. The summed E-state index contributed by atoms with van der Waals surface area (Å²) in [4.78, 5) is 12.9. The minimum absolute atomic E-state index is 0.0306. The summed E-state index contributed by atoms with van der Waals surface area (Å²) in [5, 5.41) is 3.75. The minimum atomic E-state index is -1.78. The van der Waals surface area contributed by atoms with Crippen molar-refractivity contribution in [3.63, 3.8) is 0 Å². The number of hydrogen-bond donors (Lipinski definition) is 2. The van der Waals surface area contributed by atoms with Crippen molar-refractivity contribution in [1.29, 1.82) is 0 Å². The van der Waals surface area contributed by atoms with Gasteiger partial charge in [-0.2, -0.15) is 9.97 Å². The molecule has 26 heavy (non-hydrogen) atoms. The lowest BCUT2D eigenvalue weighted by molar-refractivity contribution is 0.0574. The number of nitrogens with two attached hydrogens (primary N) is 1. The summed E-state index contributed by atoms with van der Waals surface area (Å²) in [6.45, 7) is 1.73. The Bertz CT molecular complexity index is 760. The van der Waals surface area contributed by atoms with E-state index in [0.717, 1.165) is 18.4 Å². The Morgan fingerprint density at radius 3 is 2.35 bits per heavy atom. The van der Waals surface area contributed by atoms with Gasteiger partial charge in [-0.25, -0.2) is 4.98 Å². The molecule has 3 rings (SSSR count). The number of anilines is 1. The summed E-state index contributed by atoms with van der Waals surface area (Å²) in [7, 11) is 0. The highest BCUT2D eigenvalue weighted by Crippen LogP contribution is 2.37. The predicted molar refractivity (Wildman–Crippen MR) is 105 cm³/mol. The predicted octanol–water partition coefficient (Wildman–Crippen LogP) is 3.94.